The SMILES string of the molecule is COc1cc2c(ccc3cc4c(cc32)=CCC(=O)C=4)cc1Br. The van der Waals surface area contributed by atoms with Gasteiger partial charge >= 0.3 is 0 Å². The highest BCUT2D eigenvalue weighted by atomic mass is 79.9. The van der Waals surface area contributed by atoms with Crippen LogP contribution in [0.5, 0.6) is 5.75 Å². The number of hydrogen-bond donors (Lipinski definition) is 0. The Labute approximate surface area is 135 Å². The first-order valence-corrected chi connectivity index (χ1v) is 7.90. The highest BCUT2D eigenvalue weighted by molar-refractivity contribution is 9.10. The number of halogens is 1. The largest absolute Gasteiger partial charge is 0.496 e. The number of fused-ring (bicyclic) bond motifs is 4. The van der Waals surface area contributed by atoms with Crippen LogP contribution in [0.15, 0.2) is 40.9 Å². The molecule has 0 unspecified atom stereocenters. The Balaban J connectivity index is 2.16. The van der Waals surface area contributed by atoms with Crippen LogP contribution in [-0.2, 0) is 4.79 Å². The van der Waals surface area contributed by atoms with Gasteiger partial charge in [0.25, 0.3) is 0 Å². The van der Waals surface area contributed by atoms with Crippen LogP contribution in [0, 0.1) is 0 Å². The van der Waals surface area contributed by atoms with Crippen molar-refractivity contribution in [2.45, 2.75) is 6.42 Å². The van der Waals surface area contributed by atoms with E-state index in [-0.39, 0.29) is 5.78 Å². The van der Waals surface area contributed by atoms with Gasteiger partial charge in [0, 0.05) is 6.42 Å². The lowest BCUT2D eigenvalue weighted by atomic mass is 9.97. The molecule has 0 bridgehead atoms. The van der Waals surface area contributed by atoms with Crippen molar-refractivity contribution < 1.29 is 9.53 Å². The number of ether oxygens (including phenoxy) is 1. The van der Waals surface area contributed by atoms with E-state index in [4.69, 9.17) is 4.74 Å². The predicted octanol–water partition coefficient (Wildman–Crippen LogP) is 3.30. The molecule has 0 atom stereocenters. The number of carbonyl (C=O) groups is 1. The molecule has 0 fully saturated rings. The van der Waals surface area contributed by atoms with Crippen molar-refractivity contribution in [2.75, 3.05) is 7.11 Å². The molecule has 108 valence electrons. The van der Waals surface area contributed by atoms with E-state index in [9.17, 15) is 4.79 Å². The minimum absolute atomic E-state index is 0.165. The summed E-state index contributed by atoms with van der Waals surface area (Å²) < 4.78 is 6.37. The number of hydrogen-bond acceptors (Lipinski definition) is 2. The van der Waals surface area contributed by atoms with Crippen LogP contribution in [0.1, 0.15) is 6.42 Å². The molecular formula is C19H13BrO2. The number of rotatable bonds is 1. The van der Waals surface area contributed by atoms with Gasteiger partial charge in [-0.1, -0.05) is 18.2 Å². The lowest BCUT2D eigenvalue weighted by Crippen LogP contribution is -2.28. The van der Waals surface area contributed by atoms with Gasteiger partial charge in [0.15, 0.2) is 5.78 Å². The zero-order chi connectivity index (χ0) is 15.3. The number of methoxy groups -OCH3 is 1. The predicted molar refractivity (Wildman–Crippen MR) is 93.5 cm³/mol. The maximum Gasteiger partial charge on any atom is 0.160 e. The fraction of sp³-hybridized carbons (Fsp3) is 0.105. The highest BCUT2D eigenvalue weighted by Crippen LogP contribution is 2.33. The Morgan fingerprint density at radius 1 is 1.00 bits per heavy atom. The molecule has 0 saturated heterocycles. The van der Waals surface area contributed by atoms with Crippen LogP contribution < -0.4 is 15.2 Å². The van der Waals surface area contributed by atoms with E-state index in [0.717, 1.165) is 36.8 Å². The van der Waals surface area contributed by atoms with Crippen molar-refractivity contribution in [1.82, 2.24) is 0 Å². The molecule has 0 heterocycles. The molecule has 0 aromatic heterocycles. The van der Waals surface area contributed by atoms with Gasteiger partial charge < -0.3 is 4.74 Å². The Morgan fingerprint density at radius 3 is 2.50 bits per heavy atom. The number of carbonyl (C=O) groups excluding carboxylic acids is 1. The Morgan fingerprint density at radius 2 is 1.73 bits per heavy atom. The van der Waals surface area contributed by atoms with Crippen molar-refractivity contribution in [2.24, 2.45) is 0 Å². The quantitative estimate of drug-likeness (QED) is 0.628. The molecule has 3 aromatic rings. The third-order valence-corrected chi connectivity index (χ3v) is 4.77. The molecule has 0 amide bonds. The summed E-state index contributed by atoms with van der Waals surface area (Å²) >= 11 is 3.53. The maximum atomic E-state index is 11.6. The van der Waals surface area contributed by atoms with Gasteiger partial charge in [-0.15, -0.1) is 0 Å². The Hall–Kier alpha value is -2.13. The van der Waals surface area contributed by atoms with Crippen molar-refractivity contribution >= 4 is 55.4 Å². The summed E-state index contributed by atoms with van der Waals surface area (Å²) in [6.07, 6.45) is 4.23. The number of Topliss-reactive ketones (excluding diaryl/α,β-unsaturated/α-hetero) is 1. The molecule has 0 aliphatic heterocycles. The van der Waals surface area contributed by atoms with Crippen molar-refractivity contribution in [3.05, 3.63) is 51.3 Å². The first-order valence-electron chi connectivity index (χ1n) is 7.10. The molecule has 0 N–H and O–H groups in total. The van der Waals surface area contributed by atoms with Gasteiger partial charge in [0.1, 0.15) is 5.75 Å². The maximum absolute atomic E-state index is 11.6. The van der Waals surface area contributed by atoms with E-state index in [1.165, 1.54) is 5.39 Å². The fourth-order valence-electron chi connectivity index (χ4n) is 3.04. The highest BCUT2D eigenvalue weighted by Gasteiger charge is 2.08. The van der Waals surface area contributed by atoms with Gasteiger partial charge in [0.2, 0.25) is 0 Å². The molecule has 0 radical (unpaired) electrons. The van der Waals surface area contributed by atoms with Gasteiger partial charge in [-0.25, -0.2) is 0 Å². The molecule has 2 nitrogen and oxygen atoms in total. The monoisotopic (exact) mass is 352 g/mol. The molecule has 3 aromatic carbocycles. The zero-order valence-corrected chi connectivity index (χ0v) is 13.6. The second-order valence-electron chi connectivity index (χ2n) is 5.49. The average molecular weight is 353 g/mol. The first-order chi connectivity index (χ1) is 10.7. The summed E-state index contributed by atoms with van der Waals surface area (Å²) in [5.74, 6) is 0.988. The van der Waals surface area contributed by atoms with Crippen LogP contribution in [0.2, 0.25) is 0 Å². The van der Waals surface area contributed by atoms with Crippen LogP contribution in [0.25, 0.3) is 33.7 Å². The van der Waals surface area contributed by atoms with Gasteiger partial charge in [-0.2, -0.15) is 0 Å². The van der Waals surface area contributed by atoms with Crippen LogP contribution in [-0.4, -0.2) is 12.9 Å². The molecule has 0 saturated carbocycles. The van der Waals surface area contributed by atoms with E-state index < -0.39 is 0 Å². The van der Waals surface area contributed by atoms with E-state index in [0.29, 0.717) is 6.42 Å². The van der Waals surface area contributed by atoms with E-state index in [1.54, 1.807) is 13.2 Å². The Kier molecular flexibility index (Phi) is 3.05. The molecule has 0 spiro atoms. The lowest BCUT2D eigenvalue weighted by Gasteiger charge is -2.10. The van der Waals surface area contributed by atoms with Crippen LogP contribution in [0.3, 0.4) is 0 Å². The molecule has 1 aliphatic rings. The standard InChI is InChI=1S/C19H13BrO2/c1-22-19-10-17-13(9-18(19)20)3-2-12-6-14-7-15(21)5-4-11(14)8-16(12)17/h2-4,6-10H,5H2,1H3. The fourth-order valence-corrected chi connectivity index (χ4v) is 3.57. The topological polar surface area (TPSA) is 26.3 Å². The van der Waals surface area contributed by atoms with Gasteiger partial charge in [-0.3, -0.25) is 4.79 Å². The van der Waals surface area contributed by atoms with Crippen molar-refractivity contribution in [3.63, 3.8) is 0 Å². The van der Waals surface area contributed by atoms with Crippen molar-refractivity contribution in [3.8, 4) is 5.75 Å². The third-order valence-electron chi connectivity index (χ3n) is 4.15. The van der Waals surface area contributed by atoms with Gasteiger partial charge in [0.05, 0.1) is 11.6 Å². The van der Waals surface area contributed by atoms with E-state index >= 15 is 0 Å². The molecule has 22 heavy (non-hydrogen) atoms. The average Bonchev–Trinajstić information content (AvgIpc) is 2.52. The first kappa shape index (κ1) is 13.5. The normalized spacial score (nSPS) is 13.6. The van der Waals surface area contributed by atoms with E-state index in [1.807, 2.05) is 6.08 Å². The third kappa shape index (κ3) is 2.04. The Bertz CT molecular complexity index is 1060. The van der Waals surface area contributed by atoms with Crippen LogP contribution >= 0.6 is 15.9 Å². The van der Waals surface area contributed by atoms with Crippen LogP contribution in [0.4, 0.5) is 0 Å². The summed E-state index contributed by atoms with van der Waals surface area (Å²) in [5, 5.41) is 6.77. The second-order valence-corrected chi connectivity index (χ2v) is 6.35. The minimum Gasteiger partial charge on any atom is -0.496 e. The summed E-state index contributed by atoms with van der Waals surface area (Å²) in [5.41, 5.74) is 0. The van der Waals surface area contributed by atoms with Crippen molar-refractivity contribution in [1.29, 1.82) is 0 Å². The summed E-state index contributed by atoms with van der Waals surface area (Å²) in [7, 11) is 1.67. The zero-order valence-electron chi connectivity index (χ0n) is 12.0. The molecule has 3 heteroatoms. The summed E-state index contributed by atoms with van der Waals surface area (Å²) in [6.45, 7) is 0. The smallest absolute Gasteiger partial charge is 0.160 e. The number of benzene rings is 3. The van der Waals surface area contributed by atoms with E-state index in [2.05, 4.69) is 52.3 Å². The lowest BCUT2D eigenvalue weighted by molar-refractivity contribution is -0.112. The second kappa shape index (κ2) is 4.96. The molecule has 1 aliphatic carbocycles. The van der Waals surface area contributed by atoms with Gasteiger partial charge in [-0.05, 0) is 78.3 Å². The number of ketones is 1. The summed E-state index contributed by atoms with van der Waals surface area (Å²) in [4.78, 5) is 11.6. The molecule has 4 rings (SSSR count). The summed E-state index contributed by atoms with van der Waals surface area (Å²) in [6, 6.07) is 12.6. The molecular weight excluding hydrogens is 340 g/mol. The minimum atomic E-state index is 0.165.